The van der Waals surface area contributed by atoms with Crippen molar-refractivity contribution in [1.82, 2.24) is 20.5 Å². The van der Waals surface area contributed by atoms with E-state index in [2.05, 4.69) is 77.1 Å². The maximum atomic E-state index is 4.73. The zero-order valence-corrected chi connectivity index (χ0v) is 17.9. The predicted molar refractivity (Wildman–Crippen MR) is 117 cm³/mol. The Labute approximate surface area is 167 Å². The van der Waals surface area contributed by atoms with Gasteiger partial charge in [-0.1, -0.05) is 30.3 Å². The number of nitrogens with one attached hydrogen (secondary N) is 2. The molecule has 27 heavy (non-hydrogen) atoms. The number of aromatic nitrogens is 1. The van der Waals surface area contributed by atoms with Crippen LogP contribution in [0.4, 0.5) is 0 Å². The molecule has 0 saturated heterocycles. The highest BCUT2D eigenvalue weighted by Crippen LogP contribution is 2.09. The number of hydrogen-bond acceptors (Lipinski definition) is 4. The topological polar surface area (TPSA) is 52.6 Å². The van der Waals surface area contributed by atoms with Gasteiger partial charge in [0.15, 0.2) is 5.96 Å². The predicted octanol–water partition coefficient (Wildman–Crippen LogP) is 3.46. The number of rotatable bonds is 10. The van der Waals surface area contributed by atoms with E-state index < -0.39 is 0 Å². The lowest BCUT2D eigenvalue weighted by Crippen LogP contribution is -2.38. The number of thiazole rings is 1. The van der Waals surface area contributed by atoms with Crippen molar-refractivity contribution in [2.45, 2.75) is 46.2 Å². The highest BCUT2D eigenvalue weighted by atomic mass is 32.1. The fourth-order valence-electron chi connectivity index (χ4n) is 2.78. The van der Waals surface area contributed by atoms with Gasteiger partial charge in [-0.15, -0.1) is 11.3 Å². The third-order valence-electron chi connectivity index (χ3n) is 4.53. The lowest BCUT2D eigenvalue weighted by molar-refractivity contribution is 0.240. The second-order valence-corrected chi connectivity index (χ2v) is 7.90. The lowest BCUT2D eigenvalue weighted by Gasteiger charge is -2.24. The van der Waals surface area contributed by atoms with Crippen molar-refractivity contribution in [1.29, 1.82) is 0 Å². The Hall–Kier alpha value is -1.92. The van der Waals surface area contributed by atoms with Gasteiger partial charge in [0.25, 0.3) is 0 Å². The first-order chi connectivity index (χ1) is 13.1. The average Bonchev–Trinajstić information content (AvgIpc) is 3.07. The summed E-state index contributed by atoms with van der Waals surface area (Å²) in [5.74, 6) is 0.891. The number of aliphatic imine (C=N–C) groups is 1. The Morgan fingerprint density at radius 3 is 2.70 bits per heavy atom. The molecular formula is C21H33N5S. The van der Waals surface area contributed by atoms with Crippen molar-refractivity contribution in [2.75, 3.05) is 26.7 Å². The Kier molecular flexibility index (Phi) is 9.28. The first-order valence-corrected chi connectivity index (χ1v) is 10.6. The molecule has 0 amide bonds. The largest absolute Gasteiger partial charge is 0.357 e. The normalized spacial score (nSPS) is 13.0. The van der Waals surface area contributed by atoms with Gasteiger partial charge in [0.05, 0.1) is 10.7 Å². The van der Waals surface area contributed by atoms with Gasteiger partial charge in [-0.2, -0.15) is 0 Å². The van der Waals surface area contributed by atoms with Crippen molar-refractivity contribution < 1.29 is 0 Å². The minimum absolute atomic E-state index is 0.481. The van der Waals surface area contributed by atoms with Gasteiger partial charge in [-0.25, -0.2) is 4.98 Å². The fraction of sp³-hybridized carbons (Fsp3) is 0.524. The third-order valence-corrected chi connectivity index (χ3v) is 5.35. The van der Waals surface area contributed by atoms with Gasteiger partial charge in [0.1, 0.15) is 0 Å². The van der Waals surface area contributed by atoms with E-state index in [4.69, 9.17) is 4.99 Å². The first kappa shape index (κ1) is 21.4. The van der Waals surface area contributed by atoms with Crippen LogP contribution in [0.5, 0.6) is 0 Å². The summed E-state index contributed by atoms with van der Waals surface area (Å²) in [4.78, 5) is 11.6. The van der Waals surface area contributed by atoms with Crippen LogP contribution in [0.3, 0.4) is 0 Å². The van der Waals surface area contributed by atoms with Gasteiger partial charge < -0.3 is 10.6 Å². The molecule has 0 fully saturated rings. The van der Waals surface area contributed by atoms with Gasteiger partial charge in [0, 0.05) is 44.0 Å². The van der Waals surface area contributed by atoms with Crippen LogP contribution >= 0.6 is 11.3 Å². The van der Waals surface area contributed by atoms with Crippen molar-refractivity contribution in [2.24, 2.45) is 4.99 Å². The molecule has 1 aromatic carbocycles. The molecule has 0 saturated carbocycles. The second-order valence-electron chi connectivity index (χ2n) is 6.83. The molecule has 1 unspecified atom stereocenters. The second kappa shape index (κ2) is 11.7. The van der Waals surface area contributed by atoms with Crippen LogP contribution in [0.15, 0.2) is 40.7 Å². The zero-order valence-electron chi connectivity index (χ0n) is 17.0. The Balaban J connectivity index is 1.74. The van der Waals surface area contributed by atoms with Crippen LogP contribution in [-0.2, 0) is 13.0 Å². The van der Waals surface area contributed by atoms with E-state index in [1.807, 2.05) is 6.92 Å². The molecular weight excluding hydrogens is 354 g/mol. The number of guanidine groups is 1. The molecule has 1 aromatic heterocycles. The van der Waals surface area contributed by atoms with Crippen molar-refractivity contribution in [3.63, 3.8) is 0 Å². The maximum absolute atomic E-state index is 4.73. The first-order valence-electron chi connectivity index (χ1n) is 9.75. The molecule has 1 atom stereocenters. The summed E-state index contributed by atoms with van der Waals surface area (Å²) in [5, 5.41) is 9.99. The van der Waals surface area contributed by atoms with Crippen molar-refractivity contribution >= 4 is 17.3 Å². The Morgan fingerprint density at radius 1 is 1.26 bits per heavy atom. The highest BCUT2D eigenvalue weighted by molar-refractivity contribution is 7.09. The third kappa shape index (κ3) is 8.10. The van der Waals surface area contributed by atoms with Crippen molar-refractivity contribution in [3.8, 4) is 0 Å². The molecule has 2 aromatic rings. The van der Waals surface area contributed by atoms with Crippen LogP contribution in [0.1, 0.15) is 36.5 Å². The van der Waals surface area contributed by atoms with E-state index in [0.29, 0.717) is 6.04 Å². The number of aryl methyl sites for hydroxylation is 1. The molecule has 6 heteroatoms. The average molecular weight is 388 g/mol. The molecule has 0 radical (unpaired) electrons. The molecule has 2 rings (SSSR count). The van der Waals surface area contributed by atoms with Crippen LogP contribution in [0.25, 0.3) is 0 Å². The monoisotopic (exact) mass is 387 g/mol. The molecule has 2 N–H and O–H groups in total. The highest BCUT2D eigenvalue weighted by Gasteiger charge is 2.09. The van der Waals surface area contributed by atoms with E-state index in [-0.39, 0.29) is 0 Å². The van der Waals surface area contributed by atoms with Crippen LogP contribution < -0.4 is 10.6 Å². The molecule has 1 heterocycles. The van der Waals surface area contributed by atoms with Crippen LogP contribution in [-0.4, -0.2) is 48.6 Å². The van der Waals surface area contributed by atoms with E-state index in [0.717, 1.165) is 55.7 Å². The summed E-state index contributed by atoms with van der Waals surface area (Å²) in [5.41, 5.74) is 2.50. The Bertz CT molecular complexity index is 683. The van der Waals surface area contributed by atoms with E-state index >= 15 is 0 Å². The molecule has 0 bridgehead atoms. The Morgan fingerprint density at radius 2 is 2.04 bits per heavy atom. The molecule has 0 aliphatic rings. The molecule has 0 aliphatic carbocycles. The maximum Gasteiger partial charge on any atom is 0.191 e. The molecule has 0 spiro atoms. The van der Waals surface area contributed by atoms with E-state index in [1.54, 1.807) is 11.3 Å². The zero-order chi connectivity index (χ0) is 19.5. The van der Waals surface area contributed by atoms with Crippen molar-refractivity contribution in [3.05, 3.63) is 52.0 Å². The van der Waals surface area contributed by atoms with Gasteiger partial charge in [-0.3, -0.25) is 9.89 Å². The van der Waals surface area contributed by atoms with E-state index in [9.17, 15) is 0 Å². The molecule has 148 valence electrons. The smallest absolute Gasteiger partial charge is 0.191 e. The fourth-order valence-corrected chi connectivity index (χ4v) is 3.43. The standard InChI is InChI=1S/C21H33N5S/c1-5-22-21(24-14-12-20-16-27-18(3)25-20)23-13-11-17(2)26(4)15-19-9-7-6-8-10-19/h6-10,16-17H,5,11-15H2,1-4H3,(H2,22,23,24). The quantitative estimate of drug-likeness (QED) is 0.484. The summed E-state index contributed by atoms with van der Waals surface area (Å²) >= 11 is 1.70. The van der Waals surface area contributed by atoms with Gasteiger partial charge >= 0.3 is 0 Å². The van der Waals surface area contributed by atoms with Gasteiger partial charge in [0.2, 0.25) is 0 Å². The number of hydrogen-bond donors (Lipinski definition) is 2. The number of nitrogens with zero attached hydrogens (tertiary/aromatic N) is 3. The summed E-state index contributed by atoms with van der Waals surface area (Å²) in [6.45, 7) is 9.90. The summed E-state index contributed by atoms with van der Waals surface area (Å²) in [6, 6.07) is 11.1. The summed E-state index contributed by atoms with van der Waals surface area (Å²) < 4.78 is 0. The van der Waals surface area contributed by atoms with Crippen LogP contribution in [0, 0.1) is 6.92 Å². The summed E-state index contributed by atoms with van der Waals surface area (Å²) in [6.07, 6.45) is 1.95. The minimum Gasteiger partial charge on any atom is -0.357 e. The molecule has 0 aliphatic heterocycles. The van der Waals surface area contributed by atoms with Crippen LogP contribution in [0.2, 0.25) is 0 Å². The van der Waals surface area contributed by atoms with E-state index in [1.165, 1.54) is 5.56 Å². The minimum atomic E-state index is 0.481. The lowest BCUT2D eigenvalue weighted by atomic mass is 10.1. The molecule has 5 nitrogen and oxygen atoms in total. The van der Waals surface area contributed by atoms with Gasteiger partial charge in [-0.05, 0) is 39.8 Å². The SMILES string of the molecule is CCNC(=NCCC(C)N(C)Cc1ccccc1)NCCc1csc(C)n1. The number of benzene rings is 1. The summed E-state index contributed by atoms with van der Waals surface area (Å²) in [7, 11) is 2.18.